The third kappa shape index (κ3) is 4.28. The molecule has 1 aromatic heterocycles. The molecule has 0 atom stereocenters. The highest BCUT2D eigenvalue weighted by atomic mass is 32.1. The molecule has 1 N–H and O–H groups in total. The van der Waals surface area contributed by atoms with Crippen LogP contribution in [0.3, 0.4) is 0 Å². The summed E-state index contributed by atoms with van der Waals surface area (Å²) in [6.07, 6.45) is 3.69. The van der Waals surface area contributed by atoms with Gasteiger partial charge in [0.1, 0.15) is 0 Å². The average molecular weight is 311 g/mol. The summed E-state index contributed by atoms with van der Waals surface area (Å²) in [5.74, 6) is 0.164. The first-order valence-corrected chi connectivity index (χ1v) is 8.58. The summed E-state index contributed by atoms with van der Waals surface area (Å²) in [7, 11) is 0. The smallest absolute Gasteiger partial charge is 0.263 e. The average Bonchev–Trinajstić information content (AvgIpc) is 2.88. The summed E-state index contributed by atoms with van der Waals surface area (Å²) in [4.78, 5) is 16.6. The van der Waals surface area contributed by atoms with Gasteiger partial charge in [-0.15, -0.1) is 11.3 Å². The number of thiophene rings is 1. The fourth-order valence-corrected chi connectivity index (χ4v) is 3.75. The molecule has 0 spiro atoms. The second-order valence-corrected chi connectivity index (χ2v) is 6.74. The molecule has 0 aromatic carbocycles. The lowest BCUT2D eigenvalue weighted by atomic mass is 10.1. The fraction of sp³-hybridized carbons (Fsp3) is 0.688. The Morgan fingerprint density at radius 2 is 2.19 bits per heavy atom. The number of carbonyl (C=O) groups is 1. The third-order valence-electron chi connectivity index (χ3n) is 4.00. The van der Waals surface area contributed by atoms with Crippen LogP contribution in [0.15, 0.2) is 6.07 Å². The Balaban J connectivity index is 1.85. The molecule has 1 aliphatic heterocycles. The van der Waals surface area contributed by atoms with Crippen LogP contribution in [0.5, 0.6) is 0 Å². The van der Waals surface area contributed by atoms with E-state index in [0.717, 1.165) is 37.2 Å². The van der Waals surface area contributed by atoms with Gasteiger partial charge in [-0.3, -0.25) is 4.79 Å². The van der Waals surface area contributed by atoms with Crippen LogP contribution in [0.2, 0.25) is 0 Å². The number of ether oxygens (including phenoxy) is 1. The van der Waals surface area contributed by atoms with E-state index in [4.69, 9.17) is 9.84 Å². The van der Waals surface area contributed by atoms with Crippen molar-refractivity contribution in [3.8, 4) is 0 Å². The van der Waals surface area contributed by atoms with Crippen molar-refractivity contribution >= 4 is 17.2 Å². The molecule has 0 saturated carbocycles. The van der Waals surface area contributed by atoms with E-state index in [0.29, 0.717) is 13.0 Å². The molecule has 1 amide bonds. The monoisotopic (exact) mass is 311 g/mol. The molecule has 0 unspecified atom stereocenters. The first-order valence-electron chi connectivity index (χ1n) is 7.76. The molecule has 4 nitrogen and oxygen atoms in total. The molecular weight excluding hydrogens is 286 g/mol. The number of aliphatic hydroxyl groups is 1. The summed E-state index contributed by atoms with van der Waals surface area (Å²) in [6, 6.07) is 2.05. The first-order chi connectivity index (χ1) is 10.2. The lowest BCUT2D eigenvalue weighted by Gasteiger charge is -2.31. The minimum Gasteiger partial charge on any atom is -0.396 e. The number of aliphatic hydroxyl groups excluding tert-OH is 1. The van der Waals surface area contributed by atoms with Crippen LogP contribution in [0.4, 0.5) is 0 Å². The van der Waals surface area contributed by atoms with Gasteiger partial charge in [0.15, 0.2) is 0 Å². The highest BCUT2D eigenvalue weighted by molar-refractivity contribution is 7.14. The van der Waals surface area contributed by atoms with Crippen molar-refractivity contribution in [1.82, 2.24) is 4.90 Å². The molecule has 1 fully saturated rings. The third-order valence-corrected chi connectivity index (χ3v) is 5.08. The standard InChI is InChI=1S/C16H25NO3S/c1-3-13-11-15(21-12(13)2)16(19)17-7-5-14(6-8-17)20-10-4-9-18/h11,14,18H,3-10H2,1-2H3. The maximum absolute atomic E-state index is 12.5. The van der Waals surface area contributed by atoms with E-state index < -0.39 is 0 Å². The maximum atomic E-state index is 12.5. The lowest BCUT2D eigenvalue weighted by molar-refractivity contribution is 0.00409. The molecule has 1 aromatic rings. The van der Waals surface area contributed by atoms with Crippen LogP contribution >= 0.6 is 11.3 Å². The number of rotatable bonds is 6. The molecule has 0 radical (unpaired) electrons. The second-order valence-electron chi connectivity index (χ2n) is 5.49. The summed E-state index contributed by atoms with van der Waals surface area (Å²) < 4.78 is 5.70. The first kappa shape index (κ1) is 16.5. The van der Waals surface area contributed by atoms with E-state index in [-0.39, 0.29) is 18.6 Å². The predicted octanol–water partition coefficient (Wildman–Crippen LogP) is 2.62. The Bertz CT molecular complexity index is 464. The number of nitrogens with zero attached hydrogens (tertiary/aromatic N) is 1. The van der Waals surface area contributed by atoms with Crippen molar-refractivity contribution in [3.63, 3.8) is 0 Å². The normalized spacial score (nSPS) is 16.4. The predicted molar refractivity (Wildman–Crippen MR) is 85.0 cm³/mol. The van der Waals surface area contributed by atoms with Gasteiger partial charge in [0, 0.05) is 31.2 Å². The number of piperidine rings is 1. The van der Waals surface area contributed by atoms with Crippen molar-refractivity contribution in [2.45, 2.75) is 45.6 Å². The zero-order valence-electron chi connectivity index (χ0n) is 12.9. The zero-order valence-corrected chi connectivity index (χ0v) is 13.7. The minimum atomic E-state index is 0.164. The van der Waals surface area contributed by atoms with Crippen LogP contribution in [0.1, 0.15) is 46.3 Å². The number of aryl methyl sites for hydroxylation is 2. The number of amides is 1. The molecule has 0 bridgehead atoms. The van der Waals surface area contributed by atoms with Gasteiger partial charge in [0.2, 0.25) is 0 Å². The molecule has 0 aliphatic carbocycles. The summed E-state index contributed by atoms with van der Waals surface area (Å²) >= 11 is 1.61. The lowest BCUT2D eigenvalue weighted by Crippen LogP contribution is -2.40. The topological polar surface area (TPSA) is 49.8 Å². The van der Waals surface area contributed by atoms with Crippen LogP contribution in [-0.4, -0.2) is 48.3 Å². The Hall–Kier alpha value is -0.910. The van der Waals surface area contributed by atoms with E-state index in [1.807, 2.05) is 11.0 Å². The van der Waals surface area contributed by atoms with Gasteiger partial charge in [-0.05, 0) is 44.2 Å². The van der Waals surface area contributed by atoms with Gasteiger partial charge in [-0.2, -0.15) is 0 Å². The Morgan fingerprint density at radius 3 is 2.76 bits per heavy atom. The van der Waals surface area contributed by atoms with Gasteiger partial charge >= 0.3 is 0 Å². The van der Waals surface area contributed by atoms with E-state index in [1.165, 1.54) is 10.4 Å². The minimum absolute atomic E-state index is 0.164. The maximum Gasteiger partial charge on any atom is 0.263 e. The molecule has 1 aliphatic rings. The van der Waals surface area contributed by atoms with Gasteiger partial charge in [0.05, 0.1) is 11.0 Å². The molecule has 5 heteroatoms. The molecule has 2 heterocycles. The van der Waals surface area contributed by atoms with E-state index >= 15 is 0 Å². The fourth-order valence-electron chi connectivity index (χ4n) is 2.67. The van der Waals surface area contributed by atoms with E-state index in [9.17, 15) is 4.79 Å². The molecular formula is C16H25NO3S. The Morgan fingerprint density at radius 1 is 1.48 bits per heavy atom. The van der Waals surface area contributed by atoms with Crippen LogP contribution in [0.25, 0.3) is 0 Å². The summed E-state index contributed by atoms with van der Waals surface area (Å²) in [5.41, 5.74) is 1.28. The molecule has 21 heavy (non-hydrogen) atoms. The zero-order chi connectivity index (χ0) is 15.2. The highest BCUT2D eigenvalue weighted by Crippen LogP contribution is 2.25. The van der Waals surface area contributed by atoms with Crippen molar-refractivity contribution < 1.29 is 14.6 Å². The Labute approximate surface area is 130 Å². The van der Waals surface area contributed by atoms with Crippen LogP contribution in [-0.2, 0) is 11.2 Å². The van der Waals surface area contributed by atoms with E-state index in [2.05, 4.69) is 13.8 Å². The largest absolute Gasteiger partial charge is 0.396 e. The Kier molecular flexibility index (Phi) is 6.21. The highest BCUT2D eigenvalue weighted by Gasteiger charge is 2.25. The SMILES string of the molecule is CCc1cc(C(=O)N2CCC(OCCCO)CC2)sc1C. The second kappa shape index (κ2) is 7.92. The van der Waals surface area contributed by atoms with Crippen molar-refractivity contribution in [2.24, 2.45) is 0 Å². The number of carbonyl (C=O) groups excluding carboxylic acids is 1. The molecule has 118 valence electrons. The number of likely N-dealkylation sites (tertiary alicyclic amines) is 1. The number of hydrogen-bond acceptors (Lipinski definition) is 4. The van der Waals surface area contributed by atoms with Crippen LogP contribution < -0.4 is 0 Å². The number of hydrogen-bond donors (Lipinski definition) is 1. The molecule has 2 rings (SSSR count). The van der Waals surface area contributed by atoms with Gasteiger partial charge in [0.25, 0.3) is 5.91 Å². The van der Waals surface area contributed by atoms with Gasteiger partial charge < -0.3 is 14.7 Å². The van der Waals surface area contributed by atoms with Gasteiger partial charge in [-0.25, -0.2) is 0 Å². The summed E-state index contributed by atoms with van der Waals surface area (Å²) in [6.45, 7) is 6.52. The quantitative estimate of drug-likeness (QED) is 0.822. The van der Waals surface area contributed by atoms with Crippen LogP contribution in [0, 0.1) is 6.92 Å². The van der Waals surface area contributed by atoms with E-state index in [1.54, 1.807) is 11.3 Å². The van der Waals surface area contributed by atoms with Crippen molar-refractivity contribution in [1.29, 1.82) is 0 Å². The van der Waals surface area contributed by atoms with Gasteiger partial charge in [-0.1, -0.05) is 6.92 Å². The van der Waals surface area contributed by atoms with Crippen molar-refractivity contribution in [2.75, 3.05) is 26.3 Å². The summed E-state index contributed by atoms with van der Waals surface area (Å²) in [5, 5.41) is 8.75. The van der Waals surface area contributed by atoms with Crippen molar-refractivity contribution in [3.05, 3.63) is 21.4 Å². The molecule has 1 saturated heterocycles.